The standard InChI is InChI=1S/C15H28N6OS/c1-3-5-16-13-18-14(17-6-4-2)20-15(19-13)23-12-9-21-7-10-22-11-8-21/h3-12H2,1-2H3,(H2,16,17,18,19,20). The van der Waals surface area contributed by atoms with Crippen LogP contribution in [0, 0.1) is 0 Å². The van der Waals surface area contributed by atoms with Crippen LogP contribution < -0.4 is 10.6 Å². The van der Waals surface area contributed by atoms with Crippen LogP contribution in [0.2, 0.25) is 0 Å². The number of nitrogens with zero attached hydrogens (tertiary/aromatic N) is 4. The molecular weight excluding hydrogens is 312 g/mol. The minimum absolute atomic E-state index is 0.661. The summed E-state index contributed by atoms with van der Waals surface area (Å²) >= 11 is 1.68. The van der Waals surface area contributed by atoms with E-state index in [1.807, 2.05) is 0 Å². The number of nitrogens with one attached hydrogen (secondary N) is 2. The smallest absolute Gasteiger partial charge is 0.228 e. The Morgan fingerprint density at radius 3 is 2.17 bits per heavy atom. The number of hydrogen-bond donors (Lipinski definition) is 2. The number of hydrogen-bond acceptors (Lipinski definition) is 8. The fourth-order valence-corrected chi connectivity index (χ4v) is 2.98. The Labute approximate surface area is 143 Å². The third-order valence-electron chi connectivity index (χ3n) is 3.42. The fraction of sp³-hybridized carbons (Fsp3) is 0.800. The van der Waals surface area contributed by atoms with Gasteiger partial charge < -0.3 is 15.4 Å². The molecule has 0 bridgehead atoms. The highest BCUT2D eigenvalue weighted by Crippen LogP contribution is 2.17. The van der Waals surface area contributed by atoms with E-state index in [0.29, 0.717) is 11.9 Å². The van der Waals surface area contributed by atoms with Gasteiger partial charge in [0.1, 0.15) is 0 Å². The van der Waals surface area contributed by atoms with Crippen LogP contribution in [0.4, 0.5) is 11.9 Å². The van der Waals surface area contributed by atoms with E-state index in [9.17, 15) is 0 Å². The Hall–Kier alpha value is -1.12. The number of rotatable bonds is 10. The van der Waals surface area contributed by atoms with Crippen LogP contribution >= 0.6 is 11.8 Å². The van der Waals surface area contributed by atoms with Gasteiger partial charge in [0.2, 0.25) is 11.9 Å². The summed E-state index contributed by atoms with van der Waals surface area (Å²) in [5.74, 6) is 2.30. The van der Waals surface area contributed by atoms with E-state index in [1.165, 1.54) is 0 Å². The van der Waals surface area contributed by atoms with Crippen molar-refractivity contribution >= 4 is 23.7 Å². The molecule has 1 fully saturated rings. The molecule has 0 aromatic carbocycles. The predicted octanol–water partition coefficient (Wildman–Crippen LogP) is 1.94. The van der Waals surface area contributed by atoms with E-state index in [4.69, 9.17) is 4.74 Å². The average Bonchev–Trinajstić information content (AvgIpc) is 2.59. The lowest BCUT2D eigenvalue weighted by Gasteiger charge is -2.26. The van der Waals surface area contributed by atoms with Gasteiger partial charge >= 0.3 is 0 Å². The van der Waals surface area contributed by atoms with Gasteiger partial charge in [0.05, 0.1) is 13.2 Å². The molecule has 1 aliphatic rings. The minimum Gasteiger partial charge on any atom is -0.379 e. The number of morpholine rings is 1. The van der Waals surface area contributed by atoms with Gasteiger partial charge in [-0.25, -0.2) is 0 Å². The summed E-state index contributed by atoms with van der Waals surface area (Å²) in [7, 11) is 0. The molecule has 0 aliphatic carbocycles. The summed E-state index contributed by atoms with van der Waals surface area (Å²) in [5.41, 5.74) is 0. The summed E-state index contributed by atoms with van der Waals surface area (Å²) in [6, 6.07) is 0. The van der Waals surface area contributed by atoms with E-state index >= 15 is 0 Å². The van der Waals surface area contributed by atoms with E-state index in [0.717, 1.165) is 69.7 Å². The van der Waals surface area contributed by atoms with Gasteiger partial charge in [0, 0.05) is 38.5 Å². The second-order valence-electron chi connectivity index (χ2n) is 5.42. The normalized spacial score (nSPS) is 15.6. The molecule has 23 heavy (non-hydrogen) atoms. The lowest BCUT2D eigenvalue weighted by molar-refractivity contribution is 0.0410. The van der Waals surface area contributed by atoms with Crippen molar-refractivity contribution in [1.82, 2.24) is 19.9 Å². The zero-order chi connectivity index (χ0) is 16.3. The number of ether oxygens (including phenoxy) is 1. The van der Waals surface area contributed by atoms with Gasteiger partial charge in [0.25, 0.3) is 0 Å². The SMILES string of the molecule is CCCNc1nc(NCCC)nc(SCCN2CCOCC2)n1. The lowest BCUT2D eigenvalue weighted by atomic mass is 10.4. The highest BCUT2D eigenvalue weighted by atomic mass is 32.2. The van der Waals surface area contributed by atoms with Crippen LogP contribution in [-0.2, 0) is 4.74 Å². The molecular formula is C15H28N6OS. The third kappa shape index (κ3) is 6.88. The van der Waals surface area contributed by atoms with Crippen molar-refractivity contribution in [3.8, 4) is 0 Å². The van der Waals surface area contributed by atoms with Crippen LogP contribution in [0.3, 0.4) is 0 Å². The first kappa shape index (κ1) is 18.2. The van der Waals surface area contributed by atoms with Gasteiger partial charge in [-0.1, -0.05) is 25.6 Å². The molecule has 0 unspecified atom stereocenters. The monoisotopic (exact) mass is 340 g/mol. The summed E-state index contributed by atoms with van der Waals surface area (Å²) in [6.45, 7) is 10.7. The second-order valence-corrected chi connectivity index (χ2v) is 6.48. The van der Waals surface area contributed by atoms with Gasteiger partial charge in [0.15, 0.2) is 5.16 Å². The maximum absolute atomic E-state index is 5.37. The first-order valence-corrected chi connectivity index (χ1v) is 9.47. The molecule has 1 aromatic heterocycles. The summed E-state index contributed by atoms with van der Waals surface area (Å²) in [4.78, 5) is 15.9. The summed E-state index contributed by atoms with van der Waals surface area (Å²) in [6.07, 6.45) is 2.09. The quantitative estimate of drug-likeness (QED) is 0.626. The van der Waals surface area contributed by atoms with Gasteiger partial charge in [-0.15, -0.1) is 0 Å². The van der Waals surface area contributed by atoms with Crippen LogP contribution in [-0.4, -0.2) is 71.5 Å². The lowest BCUT2D eigenvalue weighted by Crippen LogP contribution is -2.37. The van der Waals surface area contributed by atoms with E-state index < -0.39 is 0 Å². The topological polar surface area (TPSA) is 75.2 Å². The summed E-state index contributed by atoms with van der Waals surface area (Å²) in [5, 5.41) is 7.28. The van der Waals surface area contributed by atoms with Crippen molar-refractivity contribution < 1.29 is 4.74 Å². The molecule has 2 N–H and O–H groups in total. The van der Waals surface area contributed by atoms with Crippen molar-refractivity contribution in [2.45, 2.75) is 31.8 Å². The van der Waals surface area contributed by atoms with Gasteiger partial charge in [-0.2, -0.15) is 15.0 Å². The molecule has 0 saturated carbocycles. The second kappa shape index (κ2) is 10.6. The maximum atomic E-state index is 5.37. The van der Waals surface area contributed by atoms with Crippen LogP contribution in [0.1, 0.15) is 26.7 Å². The van der Waals surface area contributed by atoms with E-state index in [2.05, 4.69) is 44.3 Å². The van der Waals surface area contributed by atoms with Gasteiger partial charge in [-0.05, 0) is 12.8 Å². The Kier molecular flexibility index (Phi) is 8.41. The molecule has 0 radical (unpaired) electrons. The van der Waals surface area contributed by atoms with Crippen LogP contribution in [0.15, 0.2) is 5.16 Å². The Morgan fingerprint density at radius 1 is 1.00 bits per heavy atom. The molecule has 2 rings (SSSR count). The molecule has 0 spiro atoms. The van der Waals surface area contributed by atoms with Gasteiger partial charge in [-0.3, -0.25) is 4.90 Å². The third-order valence-corrected chi connectivity index (χ3v) is 4.25. The molecule has 1 aliphatic heterocycles. The Balaban J connectivity index is 1.89. The largest absolute Gasteiger partial charge is 0.379 e. The zero-order valence-corrected chi connectivity index (χ0v) is 15.0. The van der Waals surface area contributed by atoms with Crippen molar-refractivity contribution in [1.29, 1.82) is 0 Å². The molecule has 1 saturated heterocycles. The number of thioether (sulfide) groups is 1. The van der Waals surface area contributed by atoms with Crippen molar-refractivity contribution in [3.05, 3.63) is 0 Å². The highest BCUT2D eigenvalue weighted by Gasteiger charge is 2.11. The molecule has 2 heterocycles. The number of aromatic nitrogens is 3. The van der Waals surface area contributed by atoms with Crippen molar-refractivity contribution in [2.24, 2.45) is 0 Å². The van der Waals surface area contributed by atoms with Crippen molar-refractivity contribution in [2.75, 3.05) is 62.3 Å². The number of anilines is 2. The first-order valence-electron chi connectivity index (χ1n) is 8.48. The molecule has 0 atom stereocenters. The Bertz CT molecular complexity index is 429. The predicted molar refractivity (Wildman–Crippen MR) is 95.4 cm³/mol. The maximum Gasteiger partial charge on any atom is 0.228 e. The first-order chi connectivity index (χ1) is 11.3. The van der Waals surface area contributed by atoms with E-state index in [-0.39, 0.29) is 0 Å². The molecule has 8 heteroatoms. The van der Waals surface area contributed by atoms with Crippen molar-refractivity contribution in [3.63, 3.8) is 0 Å². The van der Waals surface area contributed by atoms with Crippen LogP contribution in [0.5, 0.6) is 0 Å². The molecule has 1 aromatic rings. The Morgan fingerprint density at radius 2 is 1.61 bits per heavy atom. The molecule has 7 nitrogen and oxygen atoms in total. The molecule has 0 amide bonds. The van der Waals surface area contributed by atoms with Crippen LogP contribution in [0.25, 0.3) is 0 Å². The van der Waals surface area contributed by atoms with E-state index in [1.54, 1.807) is 11.8 Å². The molecule has 130 valence electrons. The minimum atomic E-state index is 0.661. The summed E-state index contributed by atoms with van der Waals surface area (Å²) < 4.78 is 5.37. The highest BCUT2D eigenvalue weighted by molar-refractivity contribution is 7.99. The zero-order valence-electron chi connectivity index (χ0n) is 14.2. The fourth-order valence-electron chi connectivity index (χ4n) is 2.14. The average molecular weight is 340 g/mol.